The van der Waals surface area contributed by atoms with Gasteiger partial charge in [-0.25, -0.2) is 9.59 Å². The van der Waals surface area contributed by atoms with Crippen LogP contribution >= 0.6 is 11.6 Å². The Morgan fingerprint density at radius 2 is 1.82 bits per heavy atom. The molecule has 0 aliphatic heterocycles. The Kier molecular flexibility index (Phi) is 5.51. The molecule has 0 atom stereocenters. The first-order valence-corrected chi connectivity index (χ1v) is 8.86. The van der Waals surface area contributed by atoms with E-state index >= 15 is 0 Å². The lowest BCUT2D eigenvalue weighted by atomic mass is 10.2. The first-order valence-electron chi connectivity index (χ1n) is 8.48. The number of methoxy groups -OCH3 is 2. The highest BCUT2D eigenvalue weighted by Gasteiger charge is 2.15. The van der Waals surface area contributed by atoms with Gasteiger partial charge in [-0.15, -0.1) is 0 Å². The summed E-state index contributed by atoms with van der Waals surface area (Å²) in [7, 11) is 2.96. The van der Waals surface area contributed by atoms with E-state index in [4.69, 9.17) is 25.5 Å². The normalized spacial score (nSPS) is 10.9. The van der Waals surface area contributed by atoms with Crippen molar-refractivity contribution in [2.45, 2.75) is 19.9 Å². The van der Waals surface area contributed by atoms with Crippen molar-refractivity contribution in [1.82, 2.24) is 4.57 Å². The van der Waals surface area contributed by atoms with Crippen molar-refractivity contribution in [3.05, 3.63) is 45.9 Å². The van der Waals surface area contributed by atoms with Crippen molar-refractivity contribution in [3.8, 4) is 11.5 Å². The van der Waals surface area contributed by atoms with Crippen molar-refractivity contribution in [2.75, 3.05) is 24.9 Å². The Labute approximate surface area is 166 Å². The number of urea groups is 1. The van der Waals surface area contributed by atoms with Gasteiger partial charge in [0.15, 0.2) is 5.58 Å². The third-order valence-corrected chi connectivity index (χ3v) is 4.41. The van der Waals surface area contributed by atoms with Gasteiger partial charge in [0.05, 0.1) is 30.4 Å². The molecular formula is C19H20ClN3O5. The van der Waals surface area contributed by atoms with Crippen molar-refractivity contribution >= 4 is 40.1 Å². The van der Waals surface area contributed by atoms with Crippen molar-refractivity contribution in [1.29, 1.82) is 0 Å². The smallest absolute Gasteiger partial charge is 0.420 e. The Hall–Kier alpha value is -3.13. The highest BCUT2D eigenvalue weighted by Crippen LogP contribution is 2.36. The quantitative estimate of drug-likeness (QED) is 0.652. The molecule has 0 radical (unpaired) electrons. The summed E-state index contributed by atoms with van der Waals surface area (Å²) in [5, 5.41) is 5.69. The topological polar surface area (TPSA) is 94.7 Å². The largest absolute Gasteiger partial charge is 0.495 e. The second-order valence-electron chi connectivity index (χ2n) is 6.28. The number of amides is 2. The van der Waals surface area contributed by atoms with Gasteiger partial charge < -0.3 is 24.5 Å². The lowest BCUT2D eigenvalue weighted by molar-refractivity contribution is 0.262. The van der Waals surface area contributed by atoms with E-state index in [-0.39, 0.29) is 6.04 Å². The molecular weight excluding hydrogens is 386 g/mol. The van der Waals surface area contributed by atoms with Gasteiger partial charge in [0.1, 0.15) is 11.5 Å². The Balaban J connectivity index is 1.82. The van der Waals surface area contributed by atoms with Gasteiger partial charge >= 0.3 is 11.8 Å². The van der Waals surface area contributed by atoms with E-state index in [2.05, 4.69) is 10.6 Å². The van der Waals surface area contributed by atoms with Crippen LogP contribution < -0.4 is 25.9 Å². The molecule has 2 N–H and O–H groups in total. The molecule has 0 unspecified atom stereocenters. The van der Waals surface area contributed by atoms with E-state index in [0.717, 1.165) is 0 Å². The predicted molar refractivity (Wildman–Crippen MR) is 108 cm³/mol. The maximum atomic E-state index is 12.4. The number of anilines is 2. The Morgan fingerprint density at radius 1 is 1.11 bits per heavy atom. The van der Waals surface area contributed by atoms with Crippen molar-refractivity contribution < 1.29 is 18.7 Å². The van der Waals surface area contributed by atoms with Crippen LogP contribution in [-0.4, -0.2) is 24.8 Å². The fourth-order valence-electron chi connectivity index (χ4n) is 2.85. The second kappa shape index (κ2) is 7.85. The standard InChI is InChI=1S/C19H20ClN3O5/c1-10(2)23-14-6-5-11(7-17(14)28-19(23)25)21-18(24)22-13-8-12(20)15(26-3)9-16(13)27-4/h5-10H,1-4H3,(H2,21,22,24). The summed E-state index contributed by atoms with van der Waals surface area (Å²) in [6.07, 6.45) is 0. The average Bonchev–Trinajstić information content (AvgIpc) is 2.97. The van der Waals surface area contributed by atoms with Gasteiger partial charge in [-0.1, -0.05) is 11.6 Å². The van der Waals surface area contributed by atoms with Gasteiger partial charge in [0, 0.05) is 23.9 Å². The van der Waals surface area contributed by atoms with Crippen molar-refractivity contribution in [3.63, 3.8) is 0 Å². The highest BCUT2D eigenvalue weighted by atomic mass is 35.5. The van der Waals surface area contributed by atoms with E-state index in [9.17, 15) is 9.59 Å². The minimum absolute atomic E-state index is 0.0388. The van der Waals surface area contributed by atoms with E-state index in [1.807, 2.05) is 13.8 Å². The molecule has 0 fully saturated rings. The summed E-state index contributed by atoms with van der Waals surface area (Å²) in [6.45, 7) is 3.78. The van der Waals surface area contributed by atoms with Gasteiger partial charge in [-0.2, -0.15) is 0 Å². The predicted octanol–water partition coefficient (Wildman–Crippen LogP) is 4.49. The van der Waals surface area contributed by atoms with E-state index < -0.39 is 11.8 Å². The summed E-state index contributed by atoms with van der Waals surface area (Å²) in [6, 6.07) is 7.56. The van der Waals surface area contributed by atoms with Crippen LogP contribution in [0.3, 0.4) is 0 Å². The zero-order valence-electron chi connectivity index (χ0n) is 15.8. The lowest BCUT2D eigenvalue weighted by Gasteiger charge is -2.13. The van der Waals surface area contributed by atoms with Crippen LogP contribution in [0, 0.1) is 0 Å². The maximum absolute atomic E-state index is 12.4. The summed E-state index contributed by atoms with van der Waals surface area (Å²) < 4.78 is 17.2. The van der Waals surface area contributed by atoms with Crippen LogP contribution in [-0.2, 0) is 0 Å². The highest BCUT2D eigenvalue weighted by molar-refractivity contribution is 6.32. The number of nitrogens with one attached hydrogen (secondary N) is 2. The molecule has 1 aromatic heterocycles. The summed E-state index contributed by atoms with van der Waals surface area (Å²) in [5.41, 5.74) is 1.90. The molecule has 148 valence electrons. The number of hydrogen-bond donors (Lipinski definition) is 2. The third-order valence-electron chi connectivity index (χ3n) is 4.11. The Bertz CT molecular complexity index is 1090. The first kappa shape index (κ1) is 19.6. The zero-order chi connectivity index (χ0) is 20.4. The molecule has 3 aromatic rings. The van der Waals surface area contributed by atoms with E-state index in [0.29, 0.717) is 39.0 Å². The number of ether oxygens (including phenoxy) is 2. The molecule has 2 amide bonds. The van der Waals surface area contributed by atoms with Crippen LogP contribution in [0.1, 0.15) is 19.9 Å². The molecule has 0 saturated heterocycles. The van der Waals surface area contributed by atoms with Gasteiger partial charge in [-0.3, -0.25) is 4.57 Å². The molecule has 9 heteroatoms. The molecule has 8 nitrogen and oxygen atoms in total. The average molecular weight is 406 g/mol. The van der Waals surface area contributed by atoms with Gasteiger partial charge in [0.25, 0.3) is 0 Å². The summed E-state index contributed by atoms with van der Waals surface area (Å²) >= 11 is 6.11. The molecule has 28 heavy (non-hydrogen) atoms. The van der Waals surface area contributed by atoms with Crippen LogP contribution in [0.15, 0.2) is 39.5 Å². The molecule has 1 heterocycles. The molecule has 2 aromatic carbocycles. The molecule has 3 rings (SSSR count). The number of benzene rings is 2. The van der Waals surface area contributed by atoms with E-state index in [1.165, 1.54) is 20.3 Å². The Morgan fingerprint density at radius 3 is 2.46 bits per heavy atom. The fraction of sp³-hybridized carbons (Fsp3) is 0.263. The number of nitrogens with zero attached hydrogens (tertiary/aromatic N) is 1. The molecule has 0 bridgehead atoms. The van der Waals surface area contributed by atoms with Gasteiger partial charge in [0.2, 0.25) is 0 Å². The van der Waals surface area contributed by atoms with Gasteiger partial charge in [-0.05, 0) is 32.0 Å². The number of fused-ring (bicyclic) bond motifs is 1. The molecule has 0 spiro atoms. The fourth-order valence-corrected chi connectivity index (χ4v) is 3.09. The number of hydrogen-bond acceptors (Lipinski definition) is 5. The minimum atomic E-state index is -0.510. The SMILES string of the molecule is COc1cc(OC)c(NC(=O)Nc2ccc3c(c2)oc(=O)n3C(C)C)cc1Cl. The zero-order valence-corrected chi connectivity index (χ0v) is 16.6. The number of aromatic nitrogens is 1. The molecule has 0 saturated carbocycles. The monoisotopic (exact) mass is 405 g/mol. The van der Waals surface area contributed by atoms with E-state index in [1.54, 1.807) is 28.8 Å². The third kappa shape index (κ3) is 3.77. The van der Waals surface area contributed by atoms with Crippen LogP contribution in [0.2, 0.25) is 5.02 Å². The number of carbonyl (C=O) groups is 1. The number of carbonyl (C=O) groups excluding carboxylic acids is 1. The van der Waals surface area contributed by atoms with Crippen LogP contribution in [0.25, 0.3) is 11.1 Å². The van der Waals surface area contributed by atoms with Crippen molar-refractivity contribution in [2.24, 2.45) is 0 Å². The van der Waals surface area contributed by atoms with Crippen LogP contribution in [0.4, 0.5) is 16.2 Å². The second-order valence-corrected chi connectivity index (χ2v) is 6.69. The minimum Gasteiger partial charge on any atom is -0.495 e. The first-order chi connectivity index (χ1) is 13.3. The number of oxazole rings is 1. The number of halogens is 1. The van der Waals surface area contributed by atoms with Crippen LogP contribution in [0.5, 0.6) is 11.5 Å². The summed E-state index contributed by atoms with van der Waals surface area (Å²) in [5.74, 6) is 0.385. The summed E-state index contributed by atoms with van der Waals surface area (Å²) in [4.78, 5) is 24.4. The number of rotatable bonds is 5. The maximum Gasteiger partial charge on any atom is 0.420 e. The molecule has 0 aliphatic rings. The lowest BCUT2D eigenvalue weighted by Crippen LogP contribution is -2.20. The molecule has 0 aliphatic carbocycles.